The number of aromatic nitrogens is 1. The van der Waals surface area contributed by atoms with Crippen LogP contribution in [0, 0.1) is 6.92 Å². The molecule has 2 heterocycles. The molecule has 3 rings (SSSR count). The molecule has 0 spiro atoms. The van der Waals surface area contributed by atoms with Crippen LogP contribution >= 0.6 is 0 Å². The molecule has 6 nitrogen and oxygen atoms in total. The zero-order valence-electron chi connectivity index (χ0n) is 14.9. The van der Waals surface area contributed by atoms with E-state index in [9.17, 15) is 4.79 Å². The van der Waals surface area contributed by atoms with Crippen molar-refractivity contribution in [2.75, 3.05) is 20.8 Å². The number of methoxy groups -OCH3 is 2. The van der Waals surface area contributed by atoms with E-state index in [1.165, 1.54) is 0 Å². The van der Waals surface area contributed by atoms with Gasteiger partial charge in [0.1, 0.15) is 17.1 Å². The summed E-state index contributed by atoms with van der Waals surface area (Å²) in [5.74, 6) is 1.67. The first-order chi connectivity index (χ1) is 12.2. The molecule has 134 valence electrons. The molecule has 1 aromatic heterocycles. The molecule has 2 aromatic rings. The molecular weight excluding hydrogens is 320 g/mol. The van der Waals surface area contributed by atoms with Gasteiger partial charge < -0.3 is 18.9 Å². The zero-order chi connectivity index (χ0) is 17.8. The van der Waals surface area contributed by atoms with Crippen LogP contribution in [0.1, 0.15) is 53.5 Å². The van der Waals surface area contributed by atoms with Crippen molar-refractivity contribution in [1.82, 2.24) is 10.1 Å². The Bertz CT molecular complexity index is 719. The third-order valence-electron chi connectivity index (χ3n) is 4.63. The molecule has 0 radical (unpaired) electrons. The van der Waals surface area contributed by atoms with Crippen LogP contribution in [0.25, 0.3) is 0 Å². The minimum Gasteiger partial charge on any atom is -0.496 e. The van der Waals surface area contributed by atoms with E-state index < -0.39 is 0 Å². The molecule has 0 unspecified atom stereocenters. The molecule has 1 saturated heterocycles. The maximum absolute atomic E-state index is 13.4. The van der Waals surface area contributed by atoms with Crippen molar-refractivity contribution >= 4 is 5.91 Å². The molecule has 25 heavy (non-hydrogen) atoms. The Hall–Kier alpha value is -2.50. The number of carbonyl (C=O) groups is 1. The summed E-state index contributed by atoms with van der Waals surface area (Å²) in [7, 11) is 3.12. The maximum atomic E-state index is 13.4. The summed E-state index contributed by atoms with van der Waals surface area (Å²) in [6.45, 7) is 2.56. The van der Waals surface area contributed by atoms with Crippen molar-refractivity contribution in [3.8, 4) is 11.5 Å². The number of hydrogen-bond donors (Lipinski definition) is 0. The molecule has 1 aliphatic rings. The molecule has 0 aliphatic carbocycles. The Morgan fingerprint density at radius 3 is 2.52 bits per heavy atom. The highest BCUT2D eigenvalue weighted by atomic mass is 16.5. The minimum atomic E-state index is -0.120. The molecule has 0 saturated carbocycles. The first-order valence-corrected chi connectivity index (χ1v) is 8.61. The van der Waals surface area contributed by atoms with Gasteiger partial charge in [-0.3, -0.25) is 4.79 Å². The van der Waals surface area contributed by atoms with E-state index in [0.717, 1.165) is 37.1 Å². The molecule has 1 fully saturated rings. The number of amides is 1. The first kappa shape index (κ1) is 17.3. The number of rotatable bonds is 4. The summed E-state index contributed by atoms with van der Waals surface area (Å²) in [5.41, 5.74) is 1.28. The van der Waals surface area contributed by atoms with Gasteiger partial charge in [-0.25, -0.2) is 0 Å². The Balaban J connectivity index is 2.01. The van der Waals surface area contributed by atoms with Crippen molar-refractivity contribution in [2.45, 2.75) is 38.6 Å². The topological polar surface area (TPSA) is 64.8 Å². The highest BCUT2D eigenvalue weighted by Gasteiger charge is 2.33. The maximum Gasteiger partial charge on any atom is 0.262 e. The van der Waals surface area contributed by atoms with Gasteiger partial charge in [0.25, 0.3) is 5.91 Å². The second-order valence-corrected chi connectivity index (χ2v) is 6.27. The third-order valence-corrected chi connectivity index (χ3v) is 4.63. The number of benzene rings is 1. The molecule has 1 amide bonds. The van der Waals surface area contributed by atoms with Gasteiger partial charge in [-0.15, -0.1) is 0 Å². The summed E-state index contributed by atoms with van der Waals surface area (Å²) in [5, 5.41) is 3.99. The average Bonchev–Trinajstić information content (AvgIpc) is 2.92. The quantitative estimate of drug-likeness (QED) is 0.845. The molecular formula is C19H24N2O4. The van der Waals surface area contributed by atoms with Crippen LogP contribution in [-0.4, -0.2) is 36.7 Å². The SMILES string of the molecule is COc1cccc(OC)c1C(=O)N1CCCCC[C@@H]1c1cc(C)no1. The van der Waals surface area contributed by atoms with E-state index >= 15 is 0 Å². The van der Waals surface area contributed by atoms with Gasteiger partial charge in [0, 0.05) is 12.6 Å². The fraction of sp³-hybridized carbons (Fsp3) is 0.474. The van der Waals surface area contributed by atoms with Gasteiger partial charge >= 0.3 is 0 Å². The standard InChI is InChI=1S/C19H24N2O4/c1-13-12-17(25-20-13)14-8-5-4-6-11-21(14)19(22)18-15(23-2)9-7-10-16(18)24-3/h7,9-10,12,14H,4-6,8,11H2,1-3H3/t14-/m1/s1. The van der Waals surface area contributed by atoms with Crippen molar-refractivity contribution in [1.29, 1.82) is 0 Å². The summed E-state index contributed by atoms with van der Waals surface area (Å²) in [4.78, 5) is 15.3. The molecule has 1 aliphatic heterocycles. The summed E-state index contributed by atoms with van der Waals surface area (Å²) >= 11 is 0. The molecule has 0 N–H and O–H groups in total. The Morgan fingerprint density at radius 2 is 1.92 bits per heavy atom. The second-order valence-electron chi connectivity index (χ2n) is 6.27. The molecule has 6 heteroatoms. The predicted octanol–water partition coefficient (Wildman–Crippen LogP) is 3.76. The van der Waals surface area contributed by atoms with E-state index in [-0.39, 0.29) is 11.9 Å². The van der Waals surface area contributed by atoms with Crippen LogP contribution in [0.4, 0.5) is 0 Å². The summed E-state index contributed by atoms with van der Waals surface area (Å²) in [6.07, 6.45) is 3.97. The Morgan fingerprint density at radius 1 is 1.20 bits per heavy atom. The van der Waals surface area contributed by atoms with E-state index in [4.69, 9.17) is 14.0 Å². The monoisotopic (exact) mass is 344 g/mol. The zero-order valence-corrected chi connectivity index (χ0v) is 14.9. The number of ether oxygens (including phenoxy) is 2. The van der Waals surface area contributed by atoms with Crippen LogP contribution in [0.2, 0.25) is 0 Å². The van der Waals surface area contributed by atoms with Crippen LogP contribution in [0.15, 0.2) is 28.8 Å². The van der Waals surface area contributed by atoms with Crippen molar-refractivity contribution in [3.05, 3.63) is 41.3 Å². The van der Waals surface area contributed by atoms with E-state index in [2.05, 4.69) is 5.16 Å². The van der Waals surface area contributed by atoms with Crippen LogP contribution < -0.4 is 9.47 Å². The number of carbonyl (C=O) groups excluding carboxylic acids is 1. The lowest BCUT2D eigenvalue weighted by Gasteiger charge is -2.29. The van der Waals surface area contributed by atoms with Crippen molar-refractivity contribution in [3.63, 3.8) is 0 Å². The average molecular weight is 344 g/mol. The minimum absolute atomic E-state index is 0.102. The lowest BCUT2D eigenvalue weighted by molar-refractivity contribution is 0.0644. The third kappa shape index (κ3) is 3.48. The number of aryl methyl sites for hydroxylation is 1. The van der Waals surface area contributed by atoms with E-state index in [1.807, 2.05) is 24.0 Å². The van der Waals surface area contributed by atoms with Gasteiger partial charge in [-0.1, -0.05) is 24.1 Å². The fourth-order valence-electron chi connectivity index (χ4n) is 3.39. The predicted molar refractivity (Wildman–Crippen MR) is 93.0 cm³/mol. The fourth-order valence-corrected chi connectivity index (χ4v) is 3.39. The van der Waals surface area contributed by atoms with Gasteiger partial charge in [0.05, 0.1) is 26.0 Å². The van der Waals surface area contributed by atoms with Gasteiger partial charge in [0.2, 0.25) is 0 Å². The first-order valence-electron chi connectivity index (χ1n) is 8.61. The lowest BCUT2D eigenvalue weighted by Crippen LogP contribution is -2.35. The summed E-state index contributed by atoms with van der Waals surface area (Å²) < 4.78 is 16.3. The highest BCUT2D eigenvalue weighted by Crippen LogP contribution is 2.36. The van der Waals surface area contributed by atoms with Crippen LogP contribution in [0.5, 0.6) is 11.5 Å². The van der Waals surface area contributed by atoms with Crippen molar-refractivity contribution < 1.29 is 18.8 Å². The number of nitrogens with zero attached hydrogens (tertiary/aromatic N) is 2. The van der Waals surface area contributed by atoms with E-state index in [0.29, 0.717) is 23.6 Å². The van der Waals surface area contributed by atoms with Gasteiger partial charge in [0.15, 0.2) is 5.76 Å². The van der Waals surface area contributed by atoms with Gasteiger partial charge in [-0.05, 0) is 31.9 Å². The number of likely N-dealkylation sites (tertiary alicyclic amines) is 1. The Kier molecular flexibility index (Phi) is 5.26. The highest BCUT2D eigenvalue weighted by molar-refractivity contribution is 6.00. The largest absolute Gasteiger partial charge is 0.496 e. The smallest absolute Gasteiger partial charge is 0.262 e. The Labute approximate surface area is 147 Å². The molecule has 0 bridgehead atoms. The van der Waals surface area contributed by atoms with Crippen molar-refractivity contribution in [2.24, 2.45) is 0 Å². The number of hydrogen-bond acceptors (Lipinski definition) is 5. The van der Waals surface area contributed by atoms with E-state index in [1.54, 1.807) is 26.4 Å². The molecule has 1 aromatic carbocycles. The normalized spacial score (nSPS) is 17.9. The summed E-state index contributed by atoms with van der Waals surface area (Å²) in [6, 6.07) is 7.16. The van der Waals surface area contributed by atoms with Crippen LogP contribution in [0.3, 0.4) is 0 Å². The second kappa shape index (κ2) is 7.59. The van der Waals surface area contributed by atoms with Gasteiger partial charge in [-0.2, -0.15) is 0 Å². The lowest BCUT2D eigenvalue weighted by atomic mass is 10.0. The van der Waals surface area contributed by atoms with Crippen LogP contribution in [-0.2, 0) is 0 Å². The molecule has 1 atom stereocenters.